The van der Waals surface area contributed by atoms with Gasteiger partial charge >= 0.3 is 0 Å². The van der Waals surface area contributed by atoms with E-state index in [2.05, 4.69) is 27.1 Å². The average Bonchev–Trinajstić information content (AvgIpc) is 3.17. The molecule has 1 saturated heterocycles. The van der Waals surface area contributed by atoms with Crippen molar-refractivity contribution in [1.82, 2.24) is 14.7 Å². The summed E-state index contributed by atoms with van der Waals surface area (Å²) in [5.74, 6) is 0.901. The largest absolute Gasteiger partial charge is 0.467 e. The molecule has 0 aliphatic carbocycles. The van der Waals surface area contributed by atoms with Crippen molar-refractivity contribution in [2.45, 2.75) is 13.0 Å². The second kappa shape index (κ2) is 10.1. The molecule has 0 spiro atoms. The lowest BCUT2D eigenvalue weighted by atomic mass is 10.3. The minimum Gasteiger partial charge on any atom is -0.467 e. The first-order chi connectivity index (χ1) is 13.1. The van der Waals surface area contributed by atoms with Crippen LogP contribution in [0, 0.1) is 0 Å². The van der Waals surface area contributed by atoms with Gasteiger partial charge in [-0.1, -0.05) is 23.7 Å². The Hall–Kier alpha value is -1.60. The lowest BCUT2D eigenvalue weighted by Gasteiger charge is -2.33. The van der Waals surface area contributed by atoms with Gasteiger partial charge in [0.05, 0.1) is 23.5 Å². The normalized spacial score (nSPS) is 15.6. The van der Waals surface area contributed by atoms with Gasteiger partial charge in [0.25, 0.3) is 0 Å². The van der Waals surface area contributed by atoms with Crippen LogP contribution in [0.5, 0.6) is 0 Å². The molecule has 3 rings (SSSR count). The second-order valence-corrected chi connectivity index (χ2v) is 7.70. The molecule has 1 fully saturated rings. The van der Waals surface area contributed by atoms with Crippen molar-refractivity contribution >= 4 is 34.6 Å². The van der Waals surface area contributed by atoms with Crippen LogP contribution < -0.4 is 5.32 Å². The number of hydrogen-bond acceptors (Lipinski definition) is 4. The molecular formula is C20H27ClN4OS. The summed E-state index contributed by atoms with van der Waals surface area (Å²) in [5, 5.41) is 4.61. The average molecular weight is 407 g/mol. The SMILES string of the molecule is CN1CCN(CCCN(Cc2ccco2)C(=S)Nc2ccccc2Cl)CC1. The number of rotatable bonds is 7. The molecule has 1 aliphatic heterocycles. The maximum atomic E-state index is 6.26. The van der Waals surface area contributed by atoms with E-state index >= 15 is 0 Å². The zero-order valence-corrected chi connectivity index (χ0v) is 17.3. The number of thiocarbonyl (C=S) groups is 1. The third-order valence-corrected chi connectivity index (χ3v) is 5.52. The molecule has 2 aromatic rings. The standard InChI is InChI=1S/C20H27ClN4OS/c1-23-11-13-24(14-12-23)9-5-10-25(16-17-6-4-15-26-17)20(27)22-19-8-3-2-7-18(19)21/h2-4,6-8,15H,5,9-14,16H2,1H3,(H,22,27). The van der Waals surface area contributed by atoms with Crippen LogP contribution in [0.4, 0.5) is 5.69 Å². The zero-order chi connectivity index (χ0) is 19.1. The highest BCUT2D eigenvalue weighted by Crippen LogP contribution is 2.21. The lowest BCUT2D eigenvalue weighted by Crippen LogP contribution is -2.45. The Labute approximate surface area is 171 Å². The Morgan fingerprint density at radius 1 is 1.19 bits per heavy atom. The quantitative estimate of drug-likeness (QED) is 0.705. The van der Waals surface area contributed by atoms with Crippen molar-refractivity contribution in [2.75, 3.05) is 51.6 Å². The highest BCUT2D eigenvalue weighted by atomic mass is 35.5. The molecule has 1 aromatic heterocycles. The van der Waals surface area contributed by atoms with Gasteiger partial charge in [0, 0.05) is 32.7 Å². The molecule has 5 nitrogen and oxygen atoms in total. The van der Waals surface area contributed by atoms with E-state index < -0.39 is 0 Å². The van der Waals surface area contributed by atoms with E-state index in [4.69, 9.17) is 28.2 Å². The van der Waals surface area contributed by atoms with Crippen LogP contribution in [0.25, 0.3) is 0 Å². The highest BCUT2D eigenvalue weighted by molar-refractivity contribution is 7.80. The predicted molar refractivity (Wildman–Crippen MR) is 115 cm³/mol. The van der Waals surface area contributed by atoms with Crippen molar-refractivity contribution in [3.05, 3.63) is 53.4 Å². The number of para-hydroxylation sites is 1. The third-order valence-electron chi connectivity index (χ3n) is 4.83. The van der Waals surface area contributed by atoms with Gasteiger partial charge in [-0.2, -0.15) is 0 Å². The van der Waals surface area contributed by atoms with Crippen molar-refractivity contribution < 1.29 is 4.42 Å². The Kier molecular flexibility index (Phi) is 7.52. The maximum absolute atomic E-state index is 6.26. The number of nitrogens with zero attached hydrogens (tertiary/aromatic N) is 3. The molecule has 1 N–H and O–H groups in total. The first kappa shape index (κ1) is 20.1. The molecule has 0 saturated carbocycles. The van der Waals surface area contributed by atoms with Gasteiger partial charge < -0.3 is 24.4 Å². The number of anilines is 1. The number of benzene rings is 1. The van der Waals surface area contributed by atoms with Crippen molar-refractivity contribution in [2.24, 2.45) is 0 Å². The molecule has 0 unspecified atom stereocenters. The number of nitrogens with one attached hydrogen (secondary N) is 1. The van der Waals surface area contributed by atoms with Crippen LogP contribution in [0.15, 0.2) is 47.1 Å². The van der Waals surface area contributed by atoms with Gasteiger partial charge in [-0.3, -0.25) is 0 Å². The minimum atomic E-state index is 0.645. The van der Waals surface area contributed by atoms with Gasteiger partial charge in [0.2, 0.25) is 0 Å². The Morgan fingerprint density at radius 2 is 1.96 bits per heavy atom. The monoisotopic (exact) mass is 406 g/mol. The summed E-state index contributed by atoms with van der Waals surface area (Å²) >= 11 is 11.9. The number of halogens is 1. The topological polar surface area (TPSA) is 34.9 Å². The van der Waals surface area contributed by atoms with Crippen LogP contribution in [-0.2, 0) is 6.54 Å². The van der Waals surface area contributed by atoms with Crippen molar-refractivity contribution in [1.29, 1.82) is 0 Å². The van der Waals surface area contributed by atoms with Crippen LogP contribution in [0.2, 0.25) is 5.02 Å². The molecule has 2 heterocycles. The summed E-state index contributed by atoms with van der Waals surface area (Å²) in [4.78, 5) is 7.05. The Morgan fingerprint density at radius 3 is 2.67 bits per heavy atom. The summed E-state index contributed by atoms with van der Waals surface area (Å²) < 4.78 is 5.53. The zero-order valence-electron chi connectivity index (χ0n) is 15.7. The van der Waals surface area contributed by atoms with Crippen molar-refractivity contribution in [3.63, 3.8) is 0 Å². The van der Waals surface area contributed by atoms with Gasteiger partial charge in [-0.15, -0.1) is 0 Å². The molecule has 27 heavy (non-hydrogen) atoms. The Bertz CT molecular complexity index is 717. The molecule has 0 radical (unpaired) electrons. The van der Waals surface area contributed by atoms with Gasteiger partial charge in [-0.25, -0.2) is 0 Å². The molecule has 0 bridgehead atoms. The van der Waals surface area contributed by atoms with Crippen molar-refractivity contribution in [3.8, 4) is 0 Å². The fourth-order valence-electron chi connectivity index (χ4n) is 3.16. The van der Waals surface area contributed by atoms with E-state index in [-0.39, 0.29) is 0 Å². The summed E-state index contributed by atoms with van der Waals surface area (Å²) in [6.07, 6.45) is 2.75. The fraction of sp³-hybridized carbons (Fsp3) is 0.450. The number of likely N-dealkylation sites (N-methyl/N-ethyl adjacent to an activating group) is 1. The number of hydrogen-bond donors (Lipinski definition) is 1. The van der Waals surface area contributed by atoms with Crippen LogP contribution in [0.3, 0.4) is 0 Å². The molecule has 146 valence electrons. The molecule has 0 atom stereocenters. The summed E-state index contributed by atoms with van der Waals surface area (Å²) in [7, 11) is 2.18. The van der Waals surface area contributed by atoms with E-state index in [1.165, 1.54) is 0 Å². The molecule has 7 heteroatoms. The van der Waals surface area contributed by atoms with E-state index in [1.54, 1.807) is 6.26 Å². The van der Waals surface area contributed by atoms with E-state index in [0.29, 0.717) is 16.7 Å². The minimum absolute atomic E-state index is 0.645. The van der Waals surface area contributed by atoms with Gasteiger partial charge in [-0.05, 0) is 56.5 Å². The predicted octanol–water partition coefficient (Wildman–Crippen LogP) is 3.77. The Balaban J connectivity index is 1.56. The number of furan rings is 1. The fourth-order valence-corrected chi connectivity index (χ4v) is 3.61. The van der Waals surface area contributed by atoms with Crippen LogP contribution in [-0.4, -0.2) is 66.1 Å². The van der Waals surface area contributed by atoms with E-state index in [1.807, 2.05) is 36.4 Å². The summed E-state index contributed by atoms with van der Waals surface area (Å²) in [5.41, 5.74) is 0.827. The van der Waals surface area contributed by atoms with E-state index in [9.17, 15) is 0 Å². The van der Waals surface area contributed by atoms with E-state index in [0.717, 1.165) is 57.1 Å². The van der Waals surface area contributed by atoms with Gasteiger partial charge in [0.15, 0.2) is 5.11 Å². The molecule has 0 amide bonds. The number of piperazine rings is 1. The summed E-state index contributed by atoms with van der Waals surface area (Å²) in [6, 6.07) is 11.5. The second-order valence-electron chi connectivity index (χ2n) is 6.91. The summed E-state index contributed by atoms with van der Waals surface area (Å²) in [6.45, 7) is 7.14. The third kappa shape index (κ3) is 6.21. The van der Waals surface area contributed by atoms with Crippen LogP contribution >= 0.6 is 23.8 Å². The lowest BCUT2D eigenvalue weighted by molar-refractivity contribution is 0.149. The molecule has 1 aliphatic rings. The molecular weight excluding hydrogens is 380 g/mol. The highest BCUT2D eigenvalue weighted by Gasteiger charge is 2.16. The maximum Gasteiger partial charge on any atom is 0.173 e. The van der Waals surface area contributed by atoms with Crippen LogP contribution in [0.1, 0.15) is 12.2 Å². The first-order valence-corrected chi connectivity index (χ1v) is 10.1. The first-order valence-electron chi connectivity index (χ1n) is 9.35. The van der Waals surface area contributed by atoms with Gasteiger partial charge in [0.1, 0.15) is 5.76 Å². The molecule has 1 aromatic carbocycles. The smallest absolute Gasteiger partial charge is 0.173 e.